The van der Waals surface area contributed by atoms with Gasteiger partial charge in [0.15, 0.2) is 0 Å². The van der Waals surface area contributed by atoms with E-state index in [1.165, 1.54) is 0 Å². The van der Waals surface area contributed by atoms with Crippen LogP contribution in [0.1, 0.15) is 52.9 Å². The van der Waals surface area contributed by atoms with Crippen LogP contribution in [0.5, 0.6) is 0 Å². The summed E-state index contributed by atoms with van der Waals surface area (Å²) in [5, 5.41) is 9.23. The molecule has 0 aromatic carbocycles. The zero-order valence-electron chi connectivity index (χ0n) is 8.89. The van der Waals surface area contributed by atoms with Crippen LogP contribution in [0.25, 0.3) is 0 Å². The quantitative estimate of drug-likeness (QED) is 0.713. The van der Waals surface area contributed by atoms with E-state index in [4.69, 9.17) is 0 Å². The van der Waals surface area contributed by atoms with Gasteiger partial charge in [-0.2, -0.15) is 0 Å². The van der Waals surface area contributed by atoms with Gasteiger partial charge in [-0.25, -0.2) is 0 Å². The SMILES string of the molecule is CCCC1(C(=O)O)CC1(CC)CC. The Morgan fingerprint density at radius 3 is 2.08 bits per heavy atom. The Bertz CT molecular complexity index is 206. The van der Waals surface area contributed by atoms with Crippen LogP contribution < -0.4 is 0 Å². The molecule has 0 saturated heterocycles. The van der Waals surface area contributed by atoms with Crippen LogP contribution in [0.2, 0.25) is 0 Å². The van der Waals surface area contributed by atoms with Gasteiger partial charge in [0.2, 0.25) is 0 Å². The molecule has 1 fully saturated rings. The highest BCUT2D eigenvalue weighted by Crippen LogP contribution is 2.70. The topological polar surface area (TPSA) is 37.3 Å². The van der Waals surface area contributed by atoms with Crippen molar-refractivity contribution in [3.05, 3.63) is 0 Å². The lowest BCUT2D eigenvalue weighted by atomic mass is 9.85. The first-order valence-corrected chi connectivity index (χ1v) is 5.32. The van der Waals surface area contributed by atoms with E-state index in [0.717, 1.165) is 32.1 Å². The van der Waals surface area contributed by atoms with E-state index in [9.17, 15) is 9.90 Å². The van der Waals surface area contributed by atoms with Gasteiger partial charge < -0.3 is 5.11 Å². The smallest absolute Gasteiger partial charge is 0.310 e. The summed E-state index contributed by atoms with van der Waals surface area (Å²) in [6.45, 7) is 6.30. The van der Waals surface area contributed by atoms with Gasteiger partial charge in [-0.1, -0.05) is 27.2 Å². The van der Waals surface area contributed by atoms with E-state index < -0.39 is 5.97 Å². The molecule has 0 heterocycles. The molecule has 0 radical (unpaired) electrons. The third kappa shape index (κ3) is 1.27. The molecule has 13 heavy (non-hydrogen) atoms. The van der Waals surface area contributed by atoms with Crippen molar-refractivity contribution in [1.82, 2.24) is 0 Å². The number of hydrogen-bond donors (Lipinski definition) is 1. The zero-order chi connectivity index (χ0) is 10.1. The Hall–Kier alpha value is -0.530. The van der Waals surface area contributed by atoms with Crippen LogP contribution in [-0.4, -0.2) is 11.1 Å². The highest BCUT2D eigenvalue weighted by molar-refractivity contribution is 5.80. The Morgan fingerprint density at radius 1 is 1.31 bits per heavy atom. The molecule has 0 aliphatic heterocycles. The van der Waals surface area contributed by atoms with Gasteiger partial charge in [0.1, 0.15) is 0 Å². The summed E-state index contributed by atoms with van der Waals surface area (Å²) < 4.78 is 0. The van der Waals surface area contributed by atoms with E-state index in [-0.39, 0.29) is 10.8 Å². The first kappa shape index (κ1) is 10.6. The molecule has 0 aromatic rings. The molecule has 2 heteroatoms. The fourth-order valence-corrected chi connectivity index (χ4v) is 2.90. The molecule has 2 nitrogen and oxygen atoms in total. The Balaban J connectivity index is 2.81. The molecule has 0 spiro atoms. The van der Waals surface area contributed by atoms with Crippen LogP contribution in [0.15, 0.2) is 0 Å². The van der Waals surface area contributed by atoms with Crippen LogP contribution >= 0.6 is 0 Å². The summed E-state index contributed by atoms with van der Waals surface area (Å²) in [5.41, 5.74) is -0.250. The minimum absolute atomic E-state index is 0.120. The van der Waals surface area contributed by atoms with Crippen molar-refractivity contribution in [1.29, 1.82) is 0 Å². The van der Waals surface area contributed by atoms with Gasteiger partial charge in [-0.3, -0.25) is 4.79 Å². The summed E-state index contributed by atoms with van der Waals surface area (Å²) in [6, 6.07) is 0. The summed E-state index contributed by atoms with van der Waals surface area (Å²) in [5.74, 6) is -0.571. The Kier molecular flexibility index (Phi) is 2.69. The molecule has 1 atom stereocenters. The van der Waals surface area contributed by atoms with Gasteiger partial charge in [-0.15, -0.1) is 0 Å². The van der Waals surface area contributed by atoms with Crippen LogP contribution in [0.4, 0.5) is 0 Å². The number of hydrogen-bond acceptors (Lipinski definition) is 1. The minimum Gasteiger partial charge on any atom is -0.481 e. The Labute approximate surface area is 80.3 Å². The van der Waals surface area contributed by atoms with Gasteiger partial charge in [0, 0.05) is 0 Å². The molecule has 0 aromatic heterocycles. The maximum Gasteiger partial charge on any atom is 0.310 e. The average molecular weight is 184 g/mol. The van der Waals surface area contributed by atoms with Gasteiger partial charge in [0.25, 0.3) is 0 Å². The number of rotatable bonds is 5. The van der Waals surface area contributed by atoms with E-state index in [1.54, 1.807) is 0 Å². The monoisotopic (exact) mass is 184 g/mol. The Morgan fingerprint density at radius 2 is 1.85 bits per heavy atom. The lowest BCUT2D eigenvalue weighted by molar-refractivity contribution is -0.145. The van der Waals surface area contributed by atoms with E-state index in [0.29, 0.717) is 0 Å². The maximum atomic E-state index is 11.2. The lowest BCUT2D eigenvalue weighted by Crippen LogP contribution is -2.23. The van der Waals surface area contributed by atoms with Crippen LogP contribution in [0.3, 0.4) is 0 Å². The number of carboxylic acids is 1. The van der Waals surface area contributed by atoms with Crippen molar-refractivity contribution < 1.29 is 9.90 Å². The number of carbonyl (C=O) groups is 1. The summed E-state index contributed by atoms with van der Waals surface area (Å²) >= 11 is 0. The molecule has 0 amide bonds. The summed E-state index contributed by atoms with van der Waals surface area (Å²) in [6.07, 6.45) is 4.75. The lowest BCUT2D eigenvalue weighted by Gasteiger charge is -2.19. The molecule has 1 rings (SSSR count). The first-order chi connectivity index (χ1) is 6.08. The molecule has 1 saturated carbocycles. The number of carboxylic acid groups (broad SMARTS) is 1. The zero-order valence-corrected chi connectivity index (χ0v) is 8.89. The molecule has 76 valence electrons. The molecular formula is C11H20O2. The highest BCUT2D eigenvalue weighted by atomic mass is 16.4. The average Bonchev–Trinajstić information content (AvgIpc) is 2.77. The van der Waals surface area contributed by atoms with E-state index in [1.807, 2.05) is 0 Å². The third-order valence-electron chi connectivity index (χ3n) is 3.97. The van der Waals surface area contributed by atoms with Gasteiger partial charge in [-0.05, 0) is 31.1 Å². The van der Waals surface area contributed by atoms with Crippen LogP contribution in [0, 0.1) is 10.8 Å². The normalized spacial score (nSPS) is 30.1. The molecule has 1 aliphatic carbocycles. The molecule has 0 bridgehead atoms. The second-order valence-corrected chi connectivity index (χ2v) is 4.30. The third-order valence-corrected chi connectivity index (χ3v) is 3.97. The largest absolute Gasteiger partial charge is 0.481 e. The van der Waals surface area contributed by atoms with Crippen molar-refractivity contribution >= 4 is 5.97 Å². The minimum atomic E-state index is -0.571. The summed E-state index contributed by atoms with van der Waals surface area (Å²) in [7, 11) is 0. The van der Waals surface area contributed by atoms with Gasteiger partial charge >= 0.3 is 5.97 Å². The van der Waals surface area contributed by atoms with Crippen molar-refractivity contribution in [3.8, 4) is 0 Å². The molecular weight excluding hydrogens is 164 g/mol. The predicted octanol–water partition coefficient (Wildman–Crippen LogP) is 3.07. The van der Waals surface area contributed by atoms with E-state index in [2.05, 4.69) is 20.8 Å². The van der Waals surface area contributed by atoms with Crippen molar-refractivity contribution in [2.75, 3.05) is 0 Å². The second kappa shape index (κ2) is 3.32. The molecule has 1 aliphatic rings. The van der Waals surface area contributed by atoms with Crippen molar-refractivity contribution in [3.63, 3.8) is 0 Å². The second-order valence-electron chi connectivity index (χ2n) is 4.30. The molecule has 1 N–H and O–H groups in total. The maximum absolute atomic E-state index is 11.2. The van der Waals surface area contributed by atoms with Crippen molar-refractivity contribution in [2.24, 2.45) is 10.8 Å². The van der Waals surface area contributed by atoms with Crippen molar-refractivity contribution in [2.45, 2.75) is 52.9 Å². The molecule has 1 unspecified atom stereocenters. The van der Waals surface area contributed by atoms with Crippen LogP contribution in [-0.2, 0) is 4.79 Å². The predicted molar refractivity (Wildman–Crippen MR) is 52.6 cm³/mol. The fourth-order valence-electron chi connectivity index (χ4n) is 2.90. The van der Waals surface area contributed by atoms with E-state index >= 15 is 0 Å². The summed E-state index contributed by atoms with van der Waals surface area (Å²) in [4.78, 5) is 11.2. The number of aliphatic carboxylic acids is 1. The highest BCUT2D eigenvalue weighted by Gasteiger charge is 2.68. The first-order valence-electron chi connectivity index (χ1n) is 5.32. The van der Waals surface area contributed by atoms with Gasteiger partial charge in [0.05, 0.1) is 5.41 Å². The fraction of sp³-hybridized carbons (Fsp3) is 0.909. The standard InChI is InChI=1S/C11H20O2/c1-4-7-11(9(12)13)8-10(11,5-2)6-3/h4-8H2,1-3H3,(H,12,13).